The average molecular weight is 237 g/mol. The van der Waals surface area contributed by atoms with Gasteiger partial charge >= 0.3 is 0 Å². The average Bonchev–Trinajstić information content (AvgIpc) is 2.83. The summed E-state index contributed by atoms with van der Waals surface area (Å²) in [6.45, 7) is 5.25. The van der Waals surface area contributed by atoms with Gasteiger partial charge in [0.05, 0.1) is 18.4 Å². The van der Waals surface area contributed by atoms with Crippen molar-refractivity contribution in [2.24, 2.45) is 0 Å². The first-order valence-corrected chi connectivity index (χ1v) is 6.70. The van der Waals surface area contributed by atoms with E-state index in [4.69, 9.17) is 9.15 Å². The van der Waals surface area contributed by atoms with Gasteiger partial charge < -0.3 is 14.5 Å². The topological polar surface area (TPSA) is 34.4 Å². The van der Waals surface area contributed by atoms with Crippen LogP contribution in [0.15, 0.2) is 22.8 Å². The van der Waals surface area contributed by atoms with Crippen molar-refractivity contribution in [3.63, 3.8) is 0 Å². The van der Waals surface area contributed by atoms with Gasteiger partial charge in [-0.05, 0) is 38.3 Å². The van der Waals surface area contributed by atoms with Crippen LogP contribution in [0.1, 0.15) is 51.3 Å². The molecule has 1 aromatic rings. The summed E-state index contributed by atoms with van der Waals surface area (Å²) in [4.78, 5) is 0. The van der Waals surface area contributed by atoms with Crippen LogP contribution in [0, 0.1) is 0 Å². The Balaban J connectivity index is 1.82. The quantitative estimate of drug-likeness (QED) is 0.853. The lowest BCUT2D eigenvalue weighted by atomic mass is 9.99. The van der Waals surface area contributed by atoms with Gasteiger partial charge in [0.1, 0.15) is 5.76 Å². The molecule has 1 saturated heterocycles. The van der Waals surface area contributed by atoms with Crippen LogP contribution in [-0.4, -0.2) is 18.8 Å². The number of hydrogen-bond donors (Lipinski definition) is 1. The third-order valence-electron chi connectivity index (χ3n) is 3.43. The van der Waals surface area contributed by atoms with Crippen molar-refractivity contribution in [1.82, 2.24) is 5.32 Å². The van der Waals surface area contributed by atoms with E-state index >= 15 is 0 Å². The van der Waals surface area contributed by atoms with Crippen molar-refractivity contribution < 1.29 is 9.15 Å². The summed E-state index contributed by atoms with van der Waals surface area (Å²) in [5.74, 6) is 1.02. The highest BCUT2D eigenvalue weighted by atomic mass is 16.5. The second kappa shape index (κ2) is 6.22. The minimum Gasteiger partial charge on any atom is -0.468 e. The number of nitrogens with one attached hydrogen (secondary N) is 1. The Kier molecular flexibility index (Phi) is 4.63. The Morgan fingerprint density at radius 2 is 2.41 bits per heavy atom. The smallest absolute Gasteiger partial charge is 0.120 e. The monoisotopic (exact) mass is 237 g/mol. The molecule has 0 amide bonds. The summed E-state index contributed by atoms with van der Waals surface area (Å²) in [6.07, 6.45) is 6.77. The summed E-state index contributed by atoms with van der Waals surface area (Å²) in [6, 6.07) is 4.81. The maximum atomic E-state index is 5.76. The predicted molar refractivity (Wildman–Crippen MR) is 67.9 cm³/mol. The molecule has 0 radical (unpaired) electrons. The van der Waals surface area contributed by atoms with Gasteiger partial charge in [-0.2, -0.15) is 0 Å². The van der Waals surface area contributed by atoms with E-state index in [1.165, 1.54) is 12.8 Å². The second-order valence-corrected chi connectivity index (χ2v) is 4.91. The predicted octanol–water partition coefficient (Wildman–Crippen LogP) is 3.28. The highest BCUT2D eigenvalue weighted by Gasteiger charge is 2.23. The molecule has 1 aliphatic heterocycles. The molecule has 3 nitrogen and oxygen atoms in total. The lowest BCUT2D eigenvalue weighted by molar-refractivity contribution is -0.00510. The first-order chi connectivity index (χ1) is 8.29. The molecule has 1 N–H and O–H groups in total. The van der Waals surface area contributed by atoms with Gasteiger partial charge in [-0.3, -0.25) is 0 Å². The Morgan fingerprint density at radius 3 is 3.12 bits per heavy atom. The summed E-state index contributed by atoms with van der Waals surface area (Å²) < 4.78 is 11.2. The van der Waals surface area contributed by atoms with Crippen LogP contribution in [0.3, 0.4) is 0 Å². The molecule has 17 heavy (non-hydrogen) atoms. The molecular weight excluding hydrogens is 214 g/mol. The van der Waals surface area contributed by atoms with Crippen LogP contribution < -0.4 is 5.32 Å². The first kappa shape index (κ1) is 12.7. The van der Waals surface area contributed by atoms with E-state index in [1.54, 1.807) is 6.26 Å². The van der Waals surface area contributed by atoms with Crippen molar-refractivity contribution in [2.75, 3.05) is 6.61 Å². The fourth-order valence-electron chi connectivity index (χ4n) is 2.53. The van der Waals surface area contributed by atoms with Gasteiger partial charge in [-0.15, -0.1) is 0 Å². The fraction of sp³-hybridized carbons (Fsp3) is 0.714. The Bertz CT molecular complexity index is 308. The first-order valence-electron chi connectivity index (χ1n) is 6.70. The second-order valence-electron chi connectivity index (χ2n) is 4.91. The number of furan rings is 1. The maximum absolute atomic E-state index is 5.76. The molecule has 1 aliphatic rings. The van der Waals surface area contributed by atoms with E-state index in [1.807, 2.05) is 12.1 Å². The molecule has 3 heteroatoms. The molecule has 96 valence electrons. The van der Waals surface area contributed by atoms with Gasteiger partial charge in [0.15, 0.2) is 0 Å². The van der Waals surface area contributed by atoms with Crippen LogP contribution >= 0.6 is 0 Å². The van der Waals surface area contributed by atoms with Gasteiger partial charge in [-0.1, -0.05) is 13.3 Å². The van der Waals surface area contributed by atoms with Crippen LogP contribution in [-0.2, 0) is 4.74 Å². The summed E-state index contributed by atoms with van der Waals surface area (Å²) in [7, 11) is 0. The van der Waals surface area contributed by atoms with Gasteiger partial charge in [0, 0.05) is 12.6 Å². The Hall–Kier alpha value is -0.800. The minimum atomic E-state index is 0.287. The third-order valence-corrected chi connectivity index (χ3v) is 3.43. The Labute approximate surface area is 104 Å². The zero-order valence-electron chi connectivity index (χ0n) is 10.8. The van der Waals surface area contributed by atoms with Crippen molar-refractivity contribution in [3.8, 4) is 0 Å². The molecule has 3 unspecified atom stereocenters. The summed E-state index contributed by atoms with van der Waals surface area (Å²) in [5, 5.41) is 3.64. The van der Waals surface area contributed by atoms with Crippen LogP contribution in [0.2, 0.25) is 0 Å². The molecule has 0 spiro atoms. The van der Waals surface area contributed by atoms with E-state index in [-0.39, 0.29) is 6.04 Å². The molecule has 0 aliphatic carbocycles. The third kappa shape index (κ3) is 3.58. The largest absolute Gasteiger partial charge is 0.468 e. The van der Waals surface area contributed by atoms with Crippen molar-refractivity contribution in [3.05, 3.63) is 24.2 Å². The zero-order valence-corrected chi connectivity index (χ0v) is 10.8. The minimum absolute atomic E-state index is 0.287. The molecule has 0 saturated carbocycles. The van der Waals surface area contributed by atoms with E-state index in [0.29, 0.717) is 12.1 Å². The summed E-state index contributed by atoms with van der Waals surface area (Å²) in [5.41, 5.74) is 0. The zero-order chi connectivity index (χ0) is 12.1. The standard InChI is InChI=1S/C14H23NO2/c1-3-5-13-10-12(7-9-16-13)15-11(2)14-6-4-8-17-14/h4,6,8,11-13,15H,3,5,7,9-10H2,1-2H3. The van der Waals surface area contributed by atoms with E-state index in [2.05, 4.69) is 19.2 Å². The van der Waals surface area contributed by atoms with E-state index in [9.17, 15) is 0 Å². The van der Waals surface area contributed by atoms with Crippen molar-refractivity contribution in [2.45, 2.75) is 57.7 Å². The number of hydrogen-bond acceptors (Lipinski definition) is 3. The molecular formula is C14H23NO2. The maximum Gasteiger partial charge on any atom is 0.120 e. The van der Waals surface area contributed by atoms with Gasteiger partial charge in [0.25, 0.3) is 0 Å². The van der Waals surface area contributed by atoms with Crippen LogP contribution in [0.5, 0.6) is 0 Å². The van der Waals surface area contributed by atoms with Gasteiger partial charge in [0.2, 0.25) is 0 Å². The number of rotatable bonds is 5. The molecule has 1 fully saturated rings. The summed E-state index contributed by atoms with van der Waals surface area (Å²) >= 11 is 0. The van der Waals surface area contributed by atoms with Crippen LogP contribution in [0.4, 0.5) is 0 Å². The molecule has 0 bridgehead atoms. The fourth-order valence-corrected chi connectivity index (χ4v) is 2.53. The molecule has 3 atom stereocenters. The highest BCUT2D eigenvalue weighted by Crippen LogP contribution is 2.21. The van der Waals surface area contributed by atoms with E-state index in [0.717, 1.165) is 25.2 Å². The number of ether oxygens (including phenoxy) is 1. The lowest BCUT2D eigenvalue weighted by Crippen LogP contribution is -2.40. The van der Waals surface area contributed by atoms with Crippen LogP contribution in [0.25, 0.3) is 0 Å². The molecule has 2 heterocycles. The molecule has 2 rings (SSSR count). The SMILES string of the molecule is CCCC1CC(NC(C)c2ccco2)CCO1. The van der Waals surface area contributed by atoms with E-state index < -0.39 is 0 Å². The Morgan fingerprint density at radius 1 is 1.53 bits per heavy atom. The molecule has 0 aromatic carbocycles. The normalized spacial score (nSPS) is 26.9. The van der Waals surface area contributed by atoms with Crippen molar-refractivity contribution in [1.29, 1.82) is 0 Å². The lowest BCUT2D eigenvalue weighted by Gasteiger charge is -2.31. The molecule has 1 aromatic heterocycles. The van der Waals surface area contributed by atoms with Crippen molar-refractivity contribution >= 4 is 0 Å². The van der Waals surface area contributed by atoms with Gasteiger partial charge in [-0.25, -0.2) is 0 Å². The highest BCUT2D eigenvalue weighted by molar-refractivity contribution is 5.03.